The molecule has 0 bridgehead atoms. The Bertz CT molecular complexity index is 1040. The maximum absolute atomic E-state index is 9.86. The van der Waals surface area contributed by atoms with Gasteiger partial charge in [0.05, 0.1) is 11.9 Å². The SMILES string of the molecule is Cc1nccn1Cc1cncc(-c2ccc3oc(O)c(O)c3c2)c1.Cl. The molecular formula is C18H16ClN3O3. The van der Waals surface area contributed by atoms with Crippen LogP contribution in [0.3, 0.4) is 0 Å². The number of halogens is 1. The molecule has 0 fully saturated rings. The highest BCUT2D eigenvalue weighted by Gasteiger charge is 2.13. The van der Waals surface area contributed by atoms with Gasteiger partial charge in [-0.15, -0.1) is 12.4 Å². The predicted molar refractivity (Wildman–Crippen MR) is 96.1 cm³/mol. The van der Waals surface area contributed by atoms with E-state index in [0.29, 0.717) is 17.5 Å². The molecule has 0 atom stereocenters. The average molecular weight is 358 g/mol. The first kappa shape index (κ1) is 16.9. The van der Waals surface area contributed by atoms with Crippen LogP contribution >= 0.6 is 12.4 Å². The van der Waals surface area contributed by atoms with Gasteiger partial charge in [-0.25, -0.2) is 4.98 Å². The molecule has 3 aromatic heterocycles. The van der Waals surface area contributed by atoms with Crippen LogP contribution in [0, 0.1) is 6.92 Å². The van der Waals surface area contributed by atoms with Crippen molar-refractivity contribution >= 4 is 23.4 Å². The summed E-state index contributed by atoms with van der Waals surface area (Å²) in [6.45, 7) is 2.64. The van der Waals surface area contributed by atoms with E-state index in [-0.39, 0.29) is 18.2 Å². The quantitative estimate of drug-likeness (QED) is 0.581. The molecule has 3 heterocycles. The zero-order valence-corrected chi connectivity index (χ0v) is 14.2. The highest BCUT2D eigenvalue weighted by atomic mass is 35.5. The zero-order valence-electron chi connectivity index (χ0n) is 13.4. The molecule has 0 unspecified atom stereocenters. The lowest BCUT2D eigenvalue weighted by molar-refractivity contribution is 0.316. The van der Waals surface area contributed by atoms with E-state index in [9.17, 15) is 10.2 Å². The van der Waals surface area contributed by atoms with Crippen LogP contribution in [0.15, 0.2) is 53.5 Å². The van der Waals surface area contributed by atoms with Gasteiger partial charge in [0.1, 0.15) is 11.4 Å². The molecule has 7 heteroatoms. The summed E-state index contributed by atoms with van der Waals surface area (Å²) in [5, 5.41) is 19.8. The Morgan fingerprint density at radius 1 is 1.12 bits per heavy atom. The first-order chi connectivity index (χ1) is 11.6. The summed E-state index contributed by atoms with van der Waals surface area (Å²) in [7, 11) is 0. The Balaban J connectivity index is 0.00000182. The summed E-state index contributed by atoms with van der Waals surface area (Å²) in [6.07, 6.45) is 7.29. The van der Waals surface area contributed by atoms with E-state index in [0.717, 1.165) is 22.5 Å². The van der Waals surface area contributed by atoms with Gasteiger partial charge in [0.2, 0.25) is 5.75 Å². The Morgan fingerprint density at radius 2 is 1.96 bits per heavy atom. The van der Waals surface area contributed by atoms with Crippen LogP contribution in [0.5, 0.6) is 11.7 Å². The number of aromatic nitrogens is 3. The van der Waals surface area contributed by atoms with E-state index in [1.165, 1.54) is 0 Å². The number of hydrogen-bond donors (Lipinski definition) is 2. The summed E-state index contributed by atoms with van der Waals surface area (Å²) >= 11 is 0. The number of furan rings is 1. The van der Waals surface area contributed by atoms with Crippen molar-refractivity contribution in [1.82, 2.24) is 14.5 Å². The smallest absolute Gasteiger partial charge is 0.327 e. The standard InChI is InChI=1S/C18H15N3O3.ClH/c1-11-20-4-5-21(11)10-12-6-14(9-19-8-12)13-2-3-16-15(7-13)17(22)18(23)24-16;/h2-9,22-23H,10H2,1H3;1H. The molecule has 0 spiro atoms. The van der Waals surface area contributed by atoms with Crippen molar-refractivity contribution in [3.63, 3.8) is 0 Å². The van der Waals surface area contributed by atoms with Crippen molar-refractivity contribution in [3.05, 3.63) is 60.4 Å². The third-order valence-corrected chi connectivity index (χ3v) is 4.05. The number of benzene rings is 1. The van der Waals surface area contributed by atoms with Gasteiger partial charge in [0.15, 0.2) is 0 Å². The summed E-state index contributed by atoms with van der Waals surface area (Å²) in [4.78, 5) is 8.53. The van der Waals surface area contributed by atoms with Crippen LogP contribution < -0.4 is 0 Å². The number of fused-ring (bicyclic) bond motifs is 1. The summed E-state index contributed by atoms with van der Waals surface area (Å²) < 4.78 is 7.12. The van der Waals surface area contributed by atoms with Crippen molar-refractivity contribution in [1.29, 1.82) is 0 Å². The Morgan fingerprint density at radius 3 is 2.72 bits per heavy atom. The molecule has 6 nitrogen and oxygen atoms in total. The van der Waals surface area contributed by atoms with Gasteiger partial charge in [0, 0.05) is 30.4 Å². The van der Waals surface area contributed by atoms with Crippen molar-refractivity contribution in [2.75, 3.05) is 0 Å². The van der Waals surface area contributed by atoms with E-state index in [2.05, 4.69) is 9.97 Å². The third-order valence-electron chi connectivity index (χ3n) is 4.05. The predicted octanol–water partition coefficient (Wildman–Crippen LogP) is 3.88. The van der Waals surface area contributed by atoms with Gasteiger partial charge >= 0.3 is 5.95 Å². The van der Waals surface area contributed by atoms with Crippen LogP contribution in [0.2, 0.25) is 0 Å². The number of rotatable bonds is 3. The Hall–Kier alpha value is -2.99. The lowest BCUT2D eigenvalue weighted by Gasteiger charge is -2.07. The Kier molecular flexibility index (Phi) is 4.37. The van der Waals surface area contributed by atoms with Crippen LogP contribution in [-0.4, -0.2) is 24.7 Å². The number of aryl methyl sites for hydroxylation is 1. The van der Waals surface area contributed by atoms with Gasteiger partial charge in [-0.1, -0.05) is 6.07 Å². The second-order valence-electron chi connectivity index (χ2n) is 5.65. The Labute approximate surface area is 149 Å². The molecule has 0 amide bonds. The second kappa shape index (κ2) is 6.49. The van der Waals surface area contributed by atoms with Gasteiger partial charge in [-0.3, -0.25) is 4.98 Å². The molecule has 4 aromatic rings. The molecular weight excluding hydrogens is 342 g/mol. The minimum absolute atomic E-state index is 0. The molecule has 2 N–H and O–H groups in total. The number of hydrogen-bond acceptors (Lipinski definition) is 5. The molecule has 25 heavy (non-hydrogen) atoms. The lowest BCUT2D eigenvalue weighted by Crippen LogP contribution is -2.01. The van der Waals surface area contributed by atoms with Gasteiger partial charge in [-0.2, -0.15) is 0 Å². The fraction of sp³-hybridized carbons (Fsp3) is 0.111. The van der Waals surface area contributed by atoms with Crippen molar-refractivity contribution < 1.29 is 14.6 Å². The van der Waals surface area contributed by atoms with E-state index in [1.807, 2.05) is 36.0 Å². The first-order valence-electron chi connectivity index (χ1n) is 7.48. The van der Waals surface area contributed by atoms with Crippen molar-refractivity contribution in [2.45, 2.75) is 13.5 Å². The average Bonchev–Trinajstić information content (AvgIpc) is 3.11. The molecule has 0 saturated carbocycles. The normalized spacial score (nSPS) is 10.8. The molecule has 0 aliphatic heterocycles. The lowest BCUT2D eigenvalue weighted by atomic mass is 10.0. The van der Waals surface area contributed by atoms with Gasteiger partial charge in [0.25, 0.3) is 0 Å². The molecule has 4 rings (SSSR count). The topological polar surface area (TPSA) is 84.3 Å². The molecule has 0 aliphatic rings. The highest BCUT2D eigenvalue weighted by molar-refractivity contribution is 5.90. The van der Waals surface area contributed by atoms with E-state index in [1.54, 1.807) is 24.5 Å². The van der Waals surface area contributed by atoms with E-state index < -0.39 is 5.95 Å². The summed E-state index contributed by atoms with van der Waals surface area (Å²) in [5.74, 6) is 0.232. The maximum atomic E-state index is 9.86. The van der Waals surface area contributed by atoms with Gasteiger partial charge in [-0.05, 0) is 36.2 Å². The van der Waals surface area contributed by atoms with Gasteiger partial charge < -0.3 is 19.2 Å². The molecule has 128 valence electrons. The molecule has 0 aliphatic carbocycles. The molecule has 1 aromatic carbocycles. The maximum Gasteiger partial charge on any atom is 0.327 e. The number of pyridine rings is 1. The van der Waals surface area contributed by atoms with Crippen LogP contribution in [0.25, 0.3) is 22.1 Å². The highest BCUT2D eigenvalue weighted by Crippen LogP contribution is 2.38. The molecule has 0 saturated heterocycles. The number of imidazole rings is 1. The van der Waals surface area contributed by atoms with Crippen LogP contribution in [0.4, 0.5) is 0 Å². The van der Waals surface area contributed by atoms with E-state index >= 15 is 0 Å². The summed E-state index contributed by atoms with van der Waals surface area (Å²) in [6, 6.07) is 7.41. The fourth-order valence-electron chi connectivity index (χ4n) is 2.75. The minimum atomic E-state index is -0.468. The molecule has 0 radical (unpaired) electrons. The van der Waals surface area contributed by atoms with Crippen molar-refractivity contribution in [2.24, 2.45) is 0 Å². The van der Waals surface area contributed by atoms with Crippen LogP contribution in [-0.2, 0) is 6.54 Å². The number of nitrogens with zero attached hydrogens (tertiary/aromatic N) is 3. The minimum Gasteiger partial charge on any atom is -0.501 e. The third kappa shape index (κ3) is 3.04. The zero-order chi connectivity index (χ0) is 16.7. The fourth-order valence-corrected chi connectivity index (χ4v) is 2.75. The van der Waals surface area contributed by atoms with Crippen LogP contribution in [0.1, 0.15) is 11.4 Å². The second-order valence-corrected chi connectivity index (χ2v) is 5.65. The van der Waals surface area contributed by atoms with E-state index in [4.69, 9.17) is 4.42 Å². The first-order valence-corrected chi connectivity index (χ1v) is 7.48. The van der Waals surface area contributed by atoms with Crippen molar-refractivity contribution in [3.8, 4) is 22.8 Å². The monoisotopic (exact) mass is 357 g/mol. The largest absolute Gasteiger partial charge is 0.501 e. The number of aromatic hydroxyl groups is 2. The summed E-state index contributed by atoms with van der Waals surface area (Å²) in [5.41, 5.74) is 3.29.